The van der Waals surface area contributed by atoms with Gasteiger partial charge in [-0.1, -0.05) is 6.92 Å². The Morgan fingerprint density at radius 1 is 1.24 bits per heavy atom. The first-order valence-corrected chi connectivity index (χ1v) is 6.74. The molecule has 0 aromatic carbocycles. The van der Waals surface area contributed by atoms with Crippen molar-refractivity contribution in [1.29, 1.82) is 0 Å². The van der Waals surface area contributed by atoms with Crippen LogP contribution in [0.3, 0.4) is 0 Å². The Morgan fingerprint density at radius 2 is 1.94 bits per heavy atom. The van der Waals surface area contributed by atoms with Gasteiger partial charge in [0.25, 0.3) is 0 Å². The van der Waals surface area contributed by atoms with Gasteiger partial charge >= 0.3 is 0 Å². The van der Waals surface area contributed by atoms with Crippen LogP contribution in [0.4, 0.5) is 0 Å². The molecule has 0 spiro atoms. The Kier molecular flexibility index (Phi) is 4.11. The third kappa shape index (κ3) is 3.03. The van der Waals surface area contributed by atoms with E-state index in [4.69, 9.17) is 0 Å². The summed E-state index contributed by atoms with van der Waals surface area (Å²) in [6, 6.07) is 0. The average Bonchev–Trinajstić information content (AvgIpc) is 2.35. The maximum atomic E-state index is 4.59. The maximum Gasteiger partial charge on any atom is 0.128 e. The summed E-state index contributed by atoms with van der Waals surface area (Å²) in [6.45, 7) is 8.69. The van der Waals surface area contributed by atoms with Gasteiger partial charge in [0.05, 0.1) is 0 Å². The first kappa shape index (κ1) is 12.5. The third-order valence-corrected chi connectivity index (χ3v) is 3.67. The lowest BCUT2D eigenvalue weighted by molar-refractivity contribution is 0.374. The van der Waals surface area contributed by atoms with Crippen LogP contribution in [0.5, 0.6) is 0 Å². The lowest BCUT2D eigenvalue weighted by Crippen LogP contribution is -2.31. The number of nitrogens with zero attached hydrogens (tertiary/aromatic N) is 2. The van der Waals surface area contributed by atoms with Crippen molar-refractivity contribution in [2.75, 3.05) is 13.1 Å². The maximum absolute atomic E-state index is 4.59. The molecule has 0 amide bonds. The number of hydrogen-bond acceptors (Lipinski definition) is 3. The van der Waals surface area contributed by atoms with Gasteiger partial charge in [-0.2, -0.15) is 0 Å². The monoisotopic (exact) mass is 233 g/mol. The molecule has 94 valence electrons. The highest BCUT2D eigenvalue weighted by molar-refractivity contribution is 5.25. The SMILES string of the molecule is CCc1nc(C)c(CC2CCCNC2)c(C)n1. The normalized spacial score (nSPS) is 20.5. The Balaban J connectivity index is 2.14. The number of piperidine rings is 1. The molecule has 1 aliphatic rings. The molecule has 0 saturated carbocycles. The summed E-state index contributed by atoms with van der Waals surface area (Å²) in [7, 11) is 0. The fourth-order valence-electron chi connectivity index (χ4n) is 2.65. The second kappa shape index (κ2) is 5.58. The van der Waals surface area contributed by atoms with Crippen molar-refractivity contribution in [1.82, 2.24) is 15.3 Å². The molecule has 1 fully saturated rings. The van der Waals surface area contributed by atoms with E-state index in [0.29, 0.717) is 0 Å². The number of hydrogen-bond donors (Lipinski definition) is 1. The number of aromatic nitrogens is 2. The summed E-state index contributed by atoms with van der Waals surface area (Å²) in [4.78, 5) is 9.17. The van der Waals surface area contributed by atoms with Crippen molar-refractivity contribution >= 4 is 0 Å². The zero-order valence-corrected chi connectivity index (χ0v) is 11.2. The molecule has 1 atom stereocenters. The van der Waals surface area contributed by atoms with E-state index in [-0.39, 0.29) is 0 Å². The summed E-state index contributed by atoms with van der Waals surface area (Å²) >= 11 is 0. The summed E-state index contributed by atoms with van der Waals surface area (Å²) < 4.78 is 0. The van der Waals surface area contributed by atoms with Crippen LogP contribution in [0, 0.1) is 19.8 Å². The van der Waals surface area contributed by atoms with Crippen molar-refractivity contribution < 1.29 is 0 Å². The molecule has 3 heteroatoms. The van der Waals surface area contributed by atoms with E-state index in [2.05, 4.69) is 36.1 Å². The zero-order chi connectivity index (χ0) is 12.3. The van der Waals surface area contributed by atoms with Crippen molar-refractivity contribution in [3.05, 3.63) is 22.8 Å². The predicted molar refractivity (Wildman–Crippen MR) is 70.2 cm³/mol. The Bertz CT molecular complexity index is 358. The van der Waals surface area contributed by atoms with Crippen molar-refractivity contribution in [3.63, 3.8) is 0 Å². The molecule has 2 rings (SSSR count). The van der Waals surface area contributed by atoms with Crippen molar-refractivity contribution in [2.24, 2.45) is 5.92 Å². The molecule has 0 aliphatic carbocycles. The van der Waals surface area contributed by atoms with E-state index in [1.54, 1.807) is 0 Å². The molecule has 2 heterocycles. The van der Waals surface area contributed by atoms with Gasteiger partial charge in [0, 0.05) is 17.8 Å². The molecule has 1 aliphatic heterocycles. The molecule has 1 unspecified atom stereocenters. The molecular formula is C14H23N3. The van der Waals surface area contributed by atoms with Crippen LogP contribution in [0.25, 0.3) is 0 Å². The van der Waals surface area contributed by atoms with Gasteiger partial charge in [-0.15, -0.1) is 0 Å². The van der Waals surface area contributed by atoms with Gasteiger partial charge in [0.15, 0.2) is 0 Å². The van der Waals surface area contributed by atoms with Gasteiger partial charge in [-0.25, -0.2) is 9.97 Å². The summed E-state index contributed by atoms with van der Waals surface area (Å²) in [5, 5.41) is 3.48. The molecule has 1 N–H and O–H groups in total. The fraction of sp³-hybridized carbons (Fsp3) is 0.714. The minimum absolute atomic E-state index is 0.761. The molecule has 3 nitrogen and oxygen atoms in total. The number of nitrogens with one attached hydrogen (secondary N) is 1. The lowest BCUT2D eigenvalue weighted by Gasteiger charge is -2.23. The van der Waals surface area contributed by atoms with E-state index < -0.39 is 0 Å². The first-order chi connectivity index (χ1) is 8.20. The van der Waals surface area contributed by atoms with E-state index in [9.17, 15) is 0 Å². The van der Waals surface area contributed by atoms with Crippen LogP contribution in [-0.4, -0.2) is 23.1 Å². The summed E-state index contributed by atoms with van der Waals surface area (Å²) in [5.41, 5.74) is 3.73. The van der Waals surface area contributed by atoms with Gasteiger partial charge in [-0.05, 0) is 57.7 Å². The predicted octanol–water partition coefficient (Wildman–Crippen LogP) is 2.20. The van der Waals surface area contributed by atoms with Crippen LogP contribution >= 0.6 is 0 Å². The zero-order valence-electron chi connectivity index (χ0n) is 11.2. The Hall–Kier alpha value is -0.960. The summed E-state index contributed by atoms with van der Waals surface area (Å²) in [6.07, 6.45) is 4.69. The molecule has 1 aromatic rings. The Labute approximate surface area is 104 Å². The fourth-order valence-corrected chi connectivity index (χ4v) is 2.65. The van der Waals surface area contributed by atoms with E-state index >= 15 is 0 Å². The highest BCUT2D eigenvalue weighted by Gasteiger charge is 2.17. The number of rotatable bonds is 3. The highest BCUT2D eigenvalue weighted by atomic mass is 14.9. The minimum Gasteiger partial charge on any atom is -0.316 e. The van der Waals surface area contributed by atoms with Crippen molar-refractivity contribution in [2.45, 2.75) is 46.5 Å². The van der Waals surface area contributed by atoms with Crippen LogP contribution in [0.15, 0.2) is 0 Å². The third-order valence-electron chi connectivity index (χ3n) is 3.67. The smallest absolute Gasteiger partial charge is 0.128 e. The molecule has 1 aromatic heterocycles. The summed E-state index contributed by atoms with van der Waals surface area (Å²) in [5.74, 6) is 1.74. The quantitative estimate of drug-likeness (QED) is 0.869. The molecule has 17 heavy (non-hydrogen) atoms. The van der Waals surface area contributed by atoms with Gasteiger partial charge < -0.3 is 5.32 Å². The van der Waals surface area contributed by atoms with Crippen LogP contribution in [0.1, 0.15) is 42.5 Å². The van der Waals surface area contributed by atoms with Gasteiger partial charge in [0.2, 0.25) is 0 Å². The van der Waals surface area contributed by atoms with Crippen LogP contribution in [-0.2, 0) is 12.8 Å². The second-order valence-electron chi connectivity index (χ2n) is 5.06. The van der Waals surface area contributed by atoms with Gasteiger partial charge in [0.1, 0.15) is 5.82 Å². The van der Waals surface area contributed by atoms with E-state index in [0.717, 1.165) is 31.1 Å². The van der Waals surface area contributed by atoms with E-state index in [1.165, 1.54) is 36.3 Å². The van der Waals surface area contributed by atoms with Crippen LogP contribution < -0.4 is 5.32 Å². The number of aryl methyl sites for hydroxylation is 3. The van der Waals surface area contributed by atoms with Crippen LogP contribution in [0.2, 0.25) is 0 Å². The first-order valence-electron chi connectivity index (χ1n) is 6.74. The standard InChI is InChI=1S/C14H23N3/c1-4-14-16-10(2)13(11(3)17-14)8-12-6-5-7-15-9-12/h12,15H,4-9H2,1-3H3. The highest BCUT2D eigenvalue weighted by Crippen LogP contribution is 2.20. The molecule has 0 radical (unpaired) electrons. The second-order valence-corrected chi connectivity index (χ2v) is 5.06. The molecular weight excluding hydrogens is 210 g/mol. The average molecular weight is 233 g/mol. The molecule has 1 saturated heterocycles. The minimum atomic E-state index is 0.761. The van der Waals surface area contributed by atoms with E-state index in [1.807, 2.05) is 0 Å². The largest absolute Gasteiger partial charge is 0.316 e. The molecule has 0 bridgehead atoms. The van der Waals surface area contributed by atoms with Gasteiger partial charge in [-0.3, -0.25) is 0 Å². The topological polar surface area (TPSA) is 37.8 Å². The lowest BCUT2D eigenvalue weighted by atomic mass is 9.91. The Morgan fingerprint density at radius 3 is 2.47 bits per heavy atom. The van der Waals surface area contributed by atoms with Crippen molar-refractivity contribution in [3.8, 4) is 0 Å².